The Morgan fingerprint density at radius 2 is 1.95 bits per heavy atom. The Kier molecular flexibility index (Phi) is 6.49. The third-order valence-corrected chi connectivity index (χ3v) is 7.04. The number of ether oxygens (including phenoxy) is 1. The molecule has 0 radical (unpaired) electrons. The number of thioether (sulfide) groups is 2. The summed E-state index contributed by atoms with van der Waals surface area (Å²) in [4.78, 5) is 12.7. The molecule has 1 aromatic rings. The number of hydrogen-bond donors (Lipinski definition) is 0. The second-order valence-corrected chi connectivity index (χ2v) is 8.14. The van der Waals surface area contributed by atoms with E-state index in [1.807, 2.05) is 11.8 Å². The van der Waals surface area contributed by atoms with Crippen molar-refractivity contribution in [3.63, 3.8) is 0 Å². The van der Waals surface area contributed by atoms with Crippen LogP contribution in [-0.4, -0.2) is 29.3 Å². The van der Waals surface area contributed by atoms with Crippen molar-refractivity contribution in [1.29, 1.82) is 0 Å². The van der Waals surface area contributed by atoms with E-state index in [0.29, 0.717) is 16.3 Å². The predicted octanol–water partition coefficient (Wildman–Crippen LogP) is 4.61. The molecule has 1 fully saturated rings. The van der Waals surface area contributed by atoms with Crippen molar-refractivity contribution in [1.82, 2.24) is 0 Å². The van der Waals surface area contributed by atoms with Crippen molar-refractivity contribution < 1.29 is 9.53 Å². The number of aryl methyl sites for hydroxylation is 2. The number of carbonyl (C=O) groups excluding carboxylic acids is 1. The summed E-state index contributed by atoms with van der Waals surface area (Å²) in [5.41, 5.74) is 2.68. The molecule has 2 atom stereocenters. The Hall–Kier alpha value is -0.610. The molecule has 4 heteroatoms. The van der Waals surface area contributed by atoms with Crippen LogP contribution in [0.5, 0.6) is 0 Å². The number of carbonyl (C=O) groups is 1. The maximum atomic E-state index is 11.4. The van der Waals surface area contributed by atoms with E-state index in [4.69, 9.17) is 4.74 Å². The average Bonchev–Trinajstić information content (AvgIpc) is 2.48. The Bertz CT molecular complexity index is 488. The van der Waals surface area contributed by atoms with Crippen molar-refractivity contribution >= 4 is 29.5 Å². The summed E-state index contributed by atoms with van der Waals surface area (Å²) in [5, 5.41) is 1.17. The third-order valence-electron chi connectivity index (χ3n) is 3.89. The lowest BCUT2D eigenvalue weighted by Gasteiger charge is -2.30. The summed E-state index contributed by atoms with van der Waals surface area (Å²) in [6.45, 7) is 4.33. The second-order valence-electron chi connectivity index (χ2n) is 5.64. The summed E-state index contributed by atoms with van der Waals surface area (Å²) >= 11 is 3.77. The second kappa shape index (κ2) is 8.14. The highest BCUT2D eigenvalue weighted by molar-refractivity contribution is 8.04. The molecule has 0 amide bonds. The van der Waals surface area contributed by atoms with Crippen LogP contribution in [0.4, 0.5) is 0 Å². The fourth-order valence-electron chi connectivity index (χ4n) is 2.72. The Morgan fingerprint density at radius 1 is 1.24 bits per heavy atom. The quantitative estimate of drug-likeness (QED) is 0.739. The smallest absolute Gasteiger partial charge is 0.315 e. The highest BCUT2D eigenvalue weighted by Gasteiger charge is 2.27. The normalized spacial score (nSPS) is 22.0. The maximum Gasteiger partial charge on any atom is 0.315 e. The predicted molar refractivity (Wildman–Crippen MR) is 92.3 cm³/mol. The summed E-state index contributed by atoms with van der Waals surface area (Å²) in [7, 11) is 1.46. The van der Waals surface area contributed by atoms with Gasteiger partial charge in [0.05, 0.1) is 12.9 Å². The van der Waals surface area contributed by atoms with E-state index < -0.39 is 0 Å². The summed E-state index contributed by atoms with van der Waals surface area (Å²) < 4.78 is 4.76. The van der Waals surface area contributed by atoms with Crippen LogP contribution in [0.2, 0.25) is 0 Å². The molecule has 2 unspecified atom stereocenters. The molecule has 0 bridgehead atoms. The molecule has 116 valence electrons. The van der Waals surface area contributed by atoms with Gasteiger partial charge in [0.1, 0.15) is 0 Å². The van der Waals surface area contributed by atoms with Gasteiger partial charge in [0.15, 0.2) is 0 Å². The van der Waals surface area contributed by atoms with Crippen LogP contribution in [0.1, 0.15) is 36.8 Å². The lowest BCUT2D eigenvalue weighted by Crippen LogP contribution is -2.26. The molecule has 1 saturated carbocycles. The number of methoxy groups -OCH3 is 1. The van der Waals surface area contributed by atoms with Crippen LogP contribution < -0.4 is 0 Å². The largest absolute Gasteiger partial charge is 0.468 e. The zero-order chi connectivity index (χ0) is 15.2. The van der Waals surface area contributed by atoms with E-state index in [1.165, 1.54) is 48.8 Å². The SMILES string of the molecule is COC(=O)CSC1CCCCC1Sc1ccc(C)cc1C. The monoisotopic (exact) mass is 324 g/mol. The summed E-state index contributed by atoms with van der Waals surface area (Å²) in [6.07, 6.45) is 5.04. The molecule has 0 saturated heterocycles. The van der Waals surface area contributed by atoms with Gasteiger partial charge in [0.25, 0.3) is 0 Å². The molecule has 2 nitrogen and oxygen atoms in total. The van der Waals surface area contributed by atoms with Gasteiger partial charge in [-0.1, -0.05) is 30.5 Å². The minimum absolute atomic E-state index is 0.110. The van der Waals surface area contributed by atoms with E-state index in [0.717, 1.165) is 0 Å². The molecular formula is C17H24O2S2. The first-order valence-corrected chi connectivity index (χ1v) is 9.45. The van der Waals surface area contributed by atoms with Gasteiger partial charge in [-0.25, -0.2) is 0 Å². The minimum atomic E-state index is -0.110. The standard InChI is InChI=1S/C17H24O2S2/c1-12-8-9-14(13(2)10-12)21-16-7-5-4-6-15(16)20-11-17(18)19-3/h8-10,15-16H,4-7,11H2,1-3H3. The first-order chi connectivity index (χ1) is 10.1. The zero-order valence-electron chi connectivity index (χ0n) is 13.1. The Balaban J connectivity index is 1.99. The topological polar surface area (TPSA) is 26.3 Å². The highest BCUT2D eigenvalue weighted by atomic mass is 32.2. The molecular weight excluding hydrogens is 300 g/mol. The molecule has 0 aromatic heterocycles. The number of benzene rings is 1. The van der Waals surface area contributed by atoms with Gasteiger partial charge in [0, 0.05) is 15.4 Å². The van der Waals surface area contributed by atoms with Crippen molar-refractivity contribution in [3.8, 4) is 0 Å². The molecule has 0 spiro atoms. The molecule has 1 aromatic carbocycles. The van der Waals surface area contributed by atoms with Gasteiger partial charge in [0.2, 0.25) is 0 Å². The Labute approximate surface area is 136 Å². The van der Waals surface area contributed by atoms with Gasteiger partial charge in [-0.15, -0.1) is 23.5 Å². The molecule has 1 aliphatic rings. The van der Waals surface area contributed by atoms with Crippen molar-refractivity contribution in [2.45, 2.75) is 54.9 Å². The van der Waals surface area contributed by atoms with Crippen LogP contribution in [-0.2, 0) is 9.53 Å². The lowest BCUT2D eigenvalue weighted by molar-refractivity contribution is -0.137. The van der Waals surface area contributed by atoms with E-state index >= 15 is 0 Å². The highest BCUT2D eigenvalue weighted by Crippen LogP contribution is 2.40. The first-order valence-electron chi connectivity index (χ1n) is 7.52. The van der Waals surface area contributed by atoms with Crippen molar-refractivity contribution in [2.75, 3.05) is 12.9 Å². The van der Waals surface area contributed by atoms with Crippen LogP contribution >= 0.6 is 23.5 Å². The first kappa shape index (κ1) is 16.8. The van der Waals surface area contributed by atoms with Gasteiger partial charge < -0.3 is 4.74 Å². The molecule has 21 heavy (non-hydrogen) atoms. The van der Waals surface area contributed by atoms with E-state index in [-0.39, 0.29) is 5.97 Å². The van der Waals surface area contributed by atoms with Gasteiger partial charge >= 0.3 is 5.97 Å². The van der Waals surface area contributed by atoms with Crippen LogP contribution in [0.15, 0.2) is 23.1 Å². The minimum Gasteiger partial charge on any atom is -0.468 e. The molecule has 1 aliphatic carbocycles. The fraction of sp³-hybridized carbons (Fsp3) is 0.588. The maximum absolute atomic E-state index is 11.4. The molecule has 0 N–H and O–H groups in total. The van der Waals surface area contributed by atoms with Gasteiger partial charge in [-0.2, -0.15) is 0 Å². The molecule has 0 aliphatic heterocycles. The van der Waals surface area contributed by atoms with Crippen LogP contribution in [0, 0.1) is 13.8 Å². The summed E-state index contributed by atoms with van der Waals surface area (Å²) in [5.74, 6) is 0.367. The Morgan fingerprint density at radius 3 is 2.62 bits per heavy atom. The average molecular weight is 325 g/mol. The zero-order valence-corrected chi connectivity index (χ0v) is 14.7. The third kappa shape index (κ3) is 4.96. The van der Waals surface area contributed by atoms with Crippen molar-refractivity contribution in [2.24, 2.45) is 0 Å². The van der Waals surface area contributed by atoms with Crippen LogP contribution in [0.25, 0.3) is 0 Å². The van der Waals surface area contributed by atoms with Crippen LogP contribution in [0.3, 0.4) is 0 Å². The lowest BCUT2D eigenvalue weighted by atomic mass is 10.00. The van der Waals surface area contributed by atoms with Gasteiger partial charge in [-0.05, 0) is 38.3 Å². The molecule has 0 heterocycles. The fourth-order valence-corrected chi connectivity index (χ4v) is 5.56. The van der Waals surface area contributed by atoms with Gasteiger partial charge in [-0.3, -0.25) is 4.79 Å². The number of rotatable bonds is 5. The number of hydrogen-bond acceptors (Lipinski definition) is 4. The number of esters is 1. The summed E-state index contributed by atoms with van der Waals surface area (Å²) in [6, 6.07) is 6.68. The van der Waals surface area contributed by atoms with E-state index in [9.17, 15) is 4.79 Å². The molecule has 2 rings (SSSR count). The van der Waals surface area contributed by atoms with Crippen molar-refractivity contribution in [3.05, 3.63) is 29.3 Å². The van der Waals surface area contributed by atoms with E-state index in [1.54, 1.807) is 11.8 Å². The van der Waals surface area contributed by atoms with E-state index in [2.05, 4.69) is 32.0 Å².